The monoisotopic (exact) mass is 155 g/mol. The lowest BCUT2D eigenvalue weighted by Gasteiger charge is -1.90. The number of hydroxylamine groups is 1. The second kappa shape index (κ2) is 2.84. The fourth-order valence-electron chi connectivity index (χ4n) is 0.702. The van der Waals surface area contributed by atoms with Crippen LogP contribution in [0.5, 0.6) is 0 Å². The fraction of sp³-hybridized carbons (Fsp3) is 0.286. The predicted molar refractivity (Wildman–Crippen MR) is 43.8 cm³/mol. The second-order valence-electron chi connectivity index (χ2n) is 2.12. The van der Waals surface area contributed by atoms with E-state index in [1.165, 1.54) is 11.9 Å². The highest BCUT2D eigenvalue weighted by molar-refractivity contribution is 7.13. The van der Waals surface area contributed by atoms with Gasteiger partial charge in [-0.25, -0.2) is 4.74 Å². The summed E-state index contributed by atoms with van der Waals surface area (Å²) < 4.78 is 0.811. The van der Waals surface area contributed by atoms with Gasteiger partial charge >= 0.3 is 0 Å². The van der Waals surface area contributed by atoms with Gasteiger partial charge in [-0.2, -0.15) is 0 Å². The molecule has 10 heavy (non-hydrogen) atoms. The Morgan fingerprint density at radius 2 is 2.30 bits per heavy atom. The number of rotatable bonds is 1. The summed E-state index contributed by atoms with van der Waals surface area (Å²) in [5.74, 6) is 0. The van der Waals surface area contributed by atoms with Crippen LogP contribution in [0.1, 0.15) is 9.75 Å². The zero-order chi connectivity index (χ0) is 7.56. The Balaban J connectivity index is 2.86. The minimum Gasteiger partial charge on any atom is -0.624 e. The Morgan fingerprint density at radius 3 is 2.70 bits per heavy atom. The molecular weight excluding hydrogens is 146 g/mol. The molecule has 0 aliphatic rings. The first-order chi connectivity index (χ1) is 4.68. The van der Waals surface area contributed by atoms with Crippen molar-refractivity contribution in [3.63, 3.8) is 0 Å². The normalized spacial score (nSPS) is 12.0. The molecule has 54 valence electrons. The van der Waals surface area contributed by atoms with Crippen molar-refractivity contribution in [2.24, 2.45) is 0 Å². The average molecular weight is 155 g/mol. The van der Waals surface area contributed by atoms with E-state index in [0.717, 1.165) is 9.62 Å². The van der Waals surface area contributed by atoms with Crippen LogP contribution in [0.2, 0.25) is 0 Å². The average Bonchev–Trinajstić information content (AvgIpc) is 2.13. The second-order valence-corrected chi connectivity index (χ2v) is 3.44. The molecule has 0 N–H and O–H groups in total. The van der Waals surface area contributed by atoms with Gasteiger partial charge in [-0.15, -0.1) is 11.3 Å². The van der Waals surface area contributed by atoms with E-state index in [0.29, 0.717) is 0 Å². The maximum Gasteiger partial charge on any atom is 0.191 e. The molecule has 2 nitrogen and oxygen atoms in total. The predicted octanol–water partition coefficient (Wildman–Crippen LogP) is 1.62. The van der Waals surface area contributed by atoms with Crippen molar-refractivity contribution in [3.05, 3.63) is 27.1 Å². The van der Waals surface area contributed by atoms with Crippen molar-refractivity contribution in [1.29, 1.82) is 0 Å². The zero-order valence-electron chi connectivity index (χ0n) is 6.00. The fourth-order valence-corrected chi connectivity index (χ4v) is 1.55. The molecule has 0 aromatic carbocycles. The zero-order valence-corrected chi connectivity index (χ0v) is 6.81. The molecule has 0 saturated carbocycles. The molecule has 0 aliphatic heterocycles. The van der Waals surface area contributed by atoms with Crippen LogP contribution < -0.4 is 0 Å². The van der Waals surface area contributed by atoms with Crippen molar-refractivity contribution in [2.45, 2.75) is 6.92 Å². The van der Waals surface area contributed by atoms with E-state index < -0.39 is 0 Å². The molecule has 0 spiro atoms. The standard InChI is InChI=1S/C7H9NOS/c1-6-3-4-7(10-6)5-8(2)9/h3-5H,1-2H3/b8-5+. The van der Waals surface area contributed by atoms with E-state index >= 15 is 0 Å². The third-order valence-corrected chi connectivity index (χ3v) is 2.01. The molecule has 0 fully saturated rings. The third-order valence-electron chi connectivity index (χ3n) is 1.07. The Morgan fingerprint density at radius 1 is 1.60 bits per heavy atom. The molecule has 1 heterocycles. The molecule has 1 aromatic heterocycles. The SMILES string of the molecule is Cc1ccc(/C=[N+](\C)[O-])s1. The van der Waals surface area contributed by atoms with Crippen molar-refractivity contribution in [2.75, 3.05) is 7.05 Å². The van der Waals surface area contributed by atoms with E-state index in [2.05, 4.69) is 0 Å². The molecule has 0 amide bonds. The molecular formula is C7H9NOS. The summed E-state index contributed by atoms with van der Waals surface area (Å²) in [7, 11) is 1.48. The Bertz CT molecular complexity index is 248. The lowest BCUT2D eigenvalue weighted by atomic mass is 10.4. The van der Waals surface area contributed by atoms with Crippen LogP contribution in [0, 0.1) is 12.1 Å². The van der Waals surface area contributed by atoms with Crippen LogP contribution in [0.15, 0.2) is 12.1 Å². The highest BCUT2D eigenvalue weighted by Crippen LogP contribution is 2.11. The van der Waals surface area contributed by atoms with E-state index in [-0.39, 0.29) is 0 Å². The molecule has 0 saturated heterocycles. The highest BCUT2D eigenvalue weighted by atomic mass is 32.1. The minimum atomic E-state index is 0.811. The summed E-state index contributed by atoms with van der Waals surface area (Å²) in [6.45, 7) is 2.02. The van der Waals surface area contributed by atoms with Gasteiger partial charge in [-0.1, -0.05) is 0 Å². The maximum atomic E-state index is 10.5. The lowest BCUT2D eigenvalue weighted by Crippen LogP contribution is -1.94. The van der Waals surface area contributed by atoms with Gasteiger partial charge in [0.1, 0.15) is 7.05 Å². The van der Waals surface area contributed by atoms with Crippen LogP contribution in [-0.2, 0) is 0 Å². The van der Waals surface area contributed by atoms with E-state index in [1.807, 2.05) is 19.1 Å². The number of hydrogen-bond donors (Lipinski definition) is 0. The number of aryl methyl sites for hydroxylation is 1. The first-order valence-corrected chi connectivity index (χ1v) is 3.81. The summed E-state index contributed by atoms with van der Waals surface area (Å²) in [6.07, 6.45) is 1.57. The molecule has 0 unspecified atom stereocenters. The number of thiophene rings is 1. The van der Waals surface area contributed by atoms with E-state index in [4.69, 9.17) is 0 Å². The van der Waals surface area contributed by atoms with Gasteiger partial charge in [-0.3, -0.25) is 0 Å². The van der Waals surface area contributed by atoms with Gasteiger partial charge in [0, 0.05) is 4.88 Å². The molecule has 1 rings (SSSR count). The molecule has 0 bridgehead atoms. The maximum absolute atomic E-state index is 10.5. The lowest BCUT2D eigenvalue weighted by molar-refractivity contribution is -0.416. The first-order valence-electron chi connectivity index (χ1n) is 3.00. The number of nitrogens with zero attached hydrogens (tertiary/aromatic N) is 1. The molecule has 0 aliphatic carbocycles. The van der Waals surface area contributed by atoms with Crippen molar-refractivity contribution >= 4 is 17.6 Å². The van der Waals surface area contributed by atoms with Gasteiger partial charge in [0.25, 0.3) is 0 Å². The number of hydrogen-bond acceptors (Lipinski definition) is 2. The summed E-state index contributed by atoms with van der Waals surface area (Å²) in [6, 6.07) is 3.94. The van der Waals surface area contributed by atoms with Crippen LogP contribution in [0.4, 0.5) is 0 Å². The van der Waals surface area contributed by atoms with Gasteiger partial charge in [0.15, 0.2) is 6.21 Å². The minimum absolute atomic E-state index is 0.811. The Labute approximate surface area is 64.0 Å². The molecule has 0 radical (unpaired) electrons. The molecule has 1 aromatic rings. The first kappa shape index (κ1) is 7.28. The topological polar surface area (TPSA) is 26.1 Å². The van der Waals surface area contributed by atoms with E-state index in [9.17, 15) is 5.21 Å². The summed E-state index contributed by atoms with van der Waals surface area (Å²) >= 11 is 1.62. The van der Waals surface area contributed by atoms with Crippen LogP contribution in [0.25, 0.3) is 0 Å². The summed E-state index contributed by atoms with van der Waals surface area (Å²) in [5.41, 5.74) is 0. The van der Waals surface area contributed by atoms with Crippen molar-refractivity contribution in [3.8, 4) is 0 Å². The molecule has 3 heteroatoms. The van der Waals surface area contributed by atoms with Crippen LogP contribution >= 0.6 is 11.3 Å². The van der Waals surface area contributed by atoms with E-state index in [1.54, 1.807) is 17.6 Å². The third kappa shape index (κ3) is 1.84. The van der Waals surface area contributed by atoms with Crippen molar-refractivity contribution in [1.82, 2.24) is 0 Å². The van der Waals surface area contributed by atoms with Crippen molar-refractivity contribution < 1.29 is 4.74 Å². The van der Waals surface area contributed by atoms with Crippen LogP contribution in [-0.4, -0.2) is 18.0 Å². The Hall–Kier alpha value is -0.830. The molecule has 0 atom stereocenters. The quantitative estimate of drug-likeness (QED) is 0.262. The smallest absolute Gasteiger partial charge is 0.191 e. The van der Waals surface area contributed by atoms with Gasteiger partial charge in [0.05, 0.1) is 4.88 Å². The highest BCUT2D eigenvalue weighted by Gasteiger charge is 1.94. The largest absolute Gasteiger partial charge is 0.624 e. The summed E-state index contributed by atoms with van der Waals surface area (Å²) in [4.78, 5) is 2.24. The Kier molecular flexibility index (Phi) is 2.06. The summed E-state index contributed by atoms with van der Waals surface area (Å²) in [5, 5.41) is 10.5. The van der Waals surface area contributed by atoms with Crippen LogP contribution in [0.3, 0.4) is 0 Å². The van der Waals surface area contributed by atoms with Gasteiger partial charge < -0.3 is 5.21 Å². The van der Waals surface area contributed by atoms with Gasteiger partial charge in [-0.05, 0) is 19.1 Å². The van der Waals surface area contributed by atoms with Gasteiger partial charge in [0.2, 0.25) is 0 Å².